The first-order valence-corrected chi connectivity index (χ1v) is 6.16. The number of alkyl halides is 3. The predicted octanol–water partition coefficient (Wildman–Crippen LogP) is 1.87. The predicted molar refractivity (Wildman–Crippen MR) is 71.5 cm³/mol. The van der Waals surface area contributed by atoms with Crippen LogP contribution in [-0.4, -0.2) is 32.6 Å². The molecule has 2 aromatic rings. The third-order valence-electron chi connectivity index (χ3n) is 2.94. The van der Waals surface area contributed by atoms with Gasteiger partial charge in [-0.05, 0) is 29.2 Å². The zero-order valence-electron chi connectivity index (χ0n) is 11.7. The second kappa shape index (κ2) is 6.02. The Morgan fingerprint density at radius 1 is 1.35 bits per heavy atom. The fraction of sp³-hybridized carbons (Fsp3) is 0.250. The quantitative estimate of drug-likeness (QED) is 0.630. The van der Waals surface area contributed by atoms with Crippen molar-refractivity contribution >= 4 is 17.5 Å². The van der Waals surface area contributed by atoms with Crippen molar-refractivity contribution in [2.24, 2.45) is 0 Å². The van der Waals surface area contributed by atoms with Gasteiger partial charge in [-0.15, -0.1) is 0 Å². The van der Waals surface area contributed by atoms with E-state index in [0.29, 0.717) is 0 Å². The van der Waals surface area contributed by atoms with Gasteiger partial charge in [-0.3, -0.25) is 4.79 Å². The lowest BCUT2D eigenvalue weighted by Crippen LogP contribution is -2.30. The second-order valence-electron chi connectivity index (χ2n) is 4.50. The number of hydrogen-bond donors (Lipinski definition) is 0. The first kappa shape index (κ1) is 16.4. The number of carbonyl (C=O) groups excluding carboxylic acids is 1. The van der Waals surface area contributed by atoms with Crippen LogP contribution in [0.15, 0.2) is 30.6 Å². The largest absolute Gasteiger partial charge is 0.490 e. The molecule has 0 aliphatic rings. The van der Waals surface area contributed by atoms with Crippen molar-refractivity contribution in [3.63, 3.8) is 0 Å². The smallest absolute Gasteiger partial charge is 0.390 e. The monoisotopic (exact) mass is 329 g/mol. The molecule has 11 heteroatoms. The SMILES string of the molecule is CN(C(=O)Cn1cnc([N+](=O)[O-])n1)c1ccc(C(F)(F)F)cc1. The molecular formula is C12H10F3N5O3. The molecule has 0 aliphatic carbocycles. The maximum Gasteiger partial charge on any atom is 0.490 e. The Balaban J connectivity index is 2.08. The molecule has 0 atom stereocenters. The van der Waals surface area contributed by atoms with Crippen LogP contribution < -0.4 is 4.90 Å². The van der Waals surface area contributed by atoms with E-state index in [-0.39, 0.29) is 12.2 Å². The van der Waals surface area contributed by atoms with Gasteiger partial charge in [-0.25, -0.2) is 0 Å². The summed E-state index contributed by atoms with van der Waals surface area (Å²) in [5.74, 6) is -1.17. The Morgan fingerprint density at radius 2 is 1.96 bits per heavy atom. The van der Waals surface area contributed by atoms with E-state index >= 15 is 0 Å². The van der Waals surface area contributed by atoms with E-state index in [1.165, 1.54) is 7.05 Å². The summed E-state index contributed by atoms with van der Waals surface area (Å²) in [6.07, 6.45) is -3.43. The van der Waals surface area contributed by atoms with E-state index in [1.54, 1.807) is 0 Å². The number of amides is 1. The summed E-state index contributed by atoms with van der Waals surface area (Å²) in [5.41, 5.74) is -0.577. The number of nitro groups is 1. The molecule has 8 nitrogen and oxygen atoms in total. The maximum atomic E-state index is 12.5. The van der Waals surface area contributed by atoms with Gasteiger partial charge in [0.05, 0.1) is 5.56 Å². The number of rotatable bonds is 4. The van der Waals surface area contributed by atoms with Gasteiger partial charge < -0.3 is 15.0 Å². The Morgan fingerprint density at radius 3 is 2.43 bits per heavy atom. The van der Waals surface area contributed by atoms with E-state index in [9.17, 15) is 28.1 Å². The number of likely N-dealkylation sites (N-methyl/N-ethyl adjacent to an activating group) is 1. The fourth-order valence-electron chi connectivity index (χ4n) is 1.71. The highest BCUT2D eigenvalue weighted by atomic mass is 19.4. The molecule has 0 saturated carbocycles. The number of halogens is 3. The lowest BCUT2D eigenvalue weighted by molar-refractivity contribution is -0.394. The van der Waals surface area contributed by atoms with Crippen LogP contribution in [-0.2, 0) is 17.5 Å². The van der Waals surface area contributed by atoms with E-state index in [1.807, 2.05) is 0 Å². The first-order chi connectivity index (χ1) is 10.7. The van der Waals surface area contributed by atoms with Crippen LogP contribution in [0.4, 0.5) is 24.8 Å². The van der Waals surface area contributed by atoms with Gasteiger partial charge in [-0.1, -0.05) is 4.98 Å². The summed E-state index contributed by atoms with van der Waals surface area (Å²) in [6, 6.07) is 4.04. The maximum absolute atomic E-state index is 12.5. The molecule has 0 radical (unpaired) electrons. The number of anilines is 1. The number of aromatic nitrogens is 3. The third kappa shape index (κ3) is 3.81. The molecule has 122 valence electrons. The van der Waals surface area contributed by atoms with E-state index in [0.717, 1.165) is 40.2 Å². The third-order valence-corrected chi connectivity index (χ3v) is 2.94. The van der Waals surface area contributed by atoms with Gasteiger partial charge in [0.2, 0.25) is 12.2 Å². The fourth-order valence-corrected chi connectivity index (χ4v) is 1.71. The molecule has 0 aliphatic heterocycles. The molecule has 1 aromatic carbocycles. The summed E-state index contributed by atoms with van der Waals surface area (Å²) in [4.78, 5) is 26.2. The number of benzene rings is 1. The summed E-state index contributed by atoms with van der Waals surface area (Å²) in [7, 11) is 1.37. The number of nitrogens with zero attached hydrogens (tertiary/aromatic N) is 5. The van der Waals surface area contributed by atoms with Crippen molar-refractivity contribution in [3.8, 4) is 0 Å². The highest BCUT2D eigenvalue weighted by Crippen LogP contribution is 2.30. The molecule has 23 heavy (non-hydrogen) atoms. The molecule has 2 rings (SSSR count). The van der Waals surface area contributed by atoms with Crippen molar-refractivity contribution in [1.29, 1.82) is 0 Å². The van der Waals surface area contributed by atoms with Gasteiger partial charge in [0.25, 0.3) is 0 Å². The molecule has 0 N–H and O–H groups in total. The molecular weight excluding hydrogens is 319 g/mol. The first-order valence-electron chi connectivity index (χ1n) is 6.16. The molecule has 0 saturated heterocycles. The molecule has 0 spiro atoms. The van der Waals surface area contributed by atoms with Crippen molar-refractivity contribution < 1.29 is 22.9 Å². The molecule has 0 unspecified atom stereocenters. The number of hydrogen-bond acceptors (Lipinski definition) is 5. The van der Waals surface area contributed by atoms with E-state index < -0.39 is 28.5 Å². The summed E-state index contributed by atoms with van der Waals surface area (Å²) in [5, 5.41) is 13.9. The molecule has 1 amide bonds. The van der Waals surface area contributed by atoms with Crippen LogP contribution in [0.2, 0.25) is 0 Å². The number of carbonyl (C=O) groups is 1. The zero-order valence-corrected chi connectivity index (χ0v) is 11.7. The molecule has 0 fully saturated rings. The lowest BCUT2D eigenvalue weighted by Gasteiger charge is -2.17. The van der Waals surface area contributed by atoms with E-state index in [2.05, 4.69) is 10.1 Å². The van der Waals surface area contributed by atoms with Crippen molar-refractivity contribution in [1.82, 2.24) is 14.8 Å². The summed E-state index contributed by atoms with van der Waals surface area (Å²) >= 11 is 0. The van der Waals surface area contributed by atoms with Gasteiger partial charge in [0.1, 0.15) is 6.54 Å². The Kier molecular flexibility index (Phi) is 4.29. The van der Waals surface area contributed by atoms with Gasteiger partial charge in [-0.2, -0.15) is 17.9 Å². The van der Waals surface area contributed by atoms with Crippen molar-refractivity contribution in [2.75, 3.05) is 11.9 Å². The highest BCUT2D eigenvalue weighted by Gasteiger charge is 2.30. The standard InChI is InChI=1S/C12H10F3N5O3/c1-18(9-4-2-8(3-5-9)12(13,14)15)10(21)6-19-7-16-11(17-19)20(22)23/h2-5,7H,6H2,1H3. The van der Waals surface area contributed by atoms with Crippen LogP contribution in [0.3, 0.4) is 0 Å². The van der Waals surface area contributed by atoms with Crippen LogP contribution in [0, 0.1) is 10.1 Å². The minimum atomic E-state index is -4.46. The van der Waals surface area contributed by atoms with Gasteiger partial charge in [0, 0.05) is 17.8 Å². The Hall–Kier alpha value is -2.98. The van der Waals surface area contributed by atoms with Crippen LogP contribution in [0.5, 0.6) is 0 Å². The average Bonchev–Trinajstić information content (AvgIpc) is 2.94. The topological polar surface area (TPSA) is 94.2 Å². The van der Waals surface area contributed by atoms with Crippen molar-refractivity contribution in [2.45, 2.75) is 12.7 Å². The minimum absolute atomic E-state index is 0.248. The summed E-state index contributed by atoms with van der Waals surface area (Å²) in [6.45, 7) is -0.335. The zero-order chi connectivity index (χ0) is 17.2. The van der Waals surface area contributed by atoms with E-state index in [4.69, 9.17) is 0 Å². The molecule has 1 aromatic heterocycles. The molecule has 0 bridgehead atoms. The normalized spacial score (nSPS) is 11.3. The van der Waals surface area contributed by atoms with Crippen LogP contribution in [0.1, 0.15) is 5.56 Å². The Bertz CT molecular complexity index is 726. The summed E-state index contributed by atoms with van der Waals surface area (Å²) < 4.78 is 38.4. The van der Waals surface area contributed by atoms with Gasteiger partial charge in [0.15, 0.2) is 0 Å². The van der Waals surface area contributed by atoms with Crippen LogP contribution >= 0.6 is 0 Å². The van der Waals surface area contributed by atoms with Crippen LogP contribution in [0.25, 0.3) is 0 Å². The van der Waals surface area contributed by atoms with Gasteiger partial charge >= 0.3 is 12.1 Å². The second-order valence-corrected chi connectivity index (χ2v) is 4.50. The minimum Gasteiger partial charge on any atom is -0.390 e. The van der Waals surface area contributed by atoms with Crippen molar-refractivity contribution in [3.05, 3.63) is 46.3 Å². The highest BCUT2D eigenvalue weighted by molar-refractivity contribution is 5.92. The Labute approximate surface area is 127 Å². The average molecular weight is 329 g/mol. The lowest BCUT2D eigenvalue weighted by atomic mass is 10.2. The molecule has 1 heterocycles.